The van der Waals surface area contributed by atoms with Crippen molar-refractivity contribution in [3.05, 3.63) is 60.8 Å². The van der Waals surface area contributed by atoms with E-state index in [1.54, 1.807) is 0 Å². The Kier molecular flexibility index (Phi) is 5.05. The van der Waals surface area contributed by atoms with Crippen molar-refractivity contribution < 1.29 is 0 Å². The van der Waals surface area contributed by atoms with Crippen LogP contribution in [-0.2, 0) is 6.54 Å². The number of nitrogens with zero attached hydrogens (tertiary/aromatic N) is 5. The third kappa shape index (κ3) is 3.65. The van der Waals surface area contributed by atoms with E-state index in [1.165, 1.54) is 10.9 Å². The first-order chi connectivity index (χ1) is 13.3. The summed E-state index contributed by atoms with van der Waals surface area (Å²) in [6.45, 7) is 4.98. The van der Waals surface area contributed by atoms with E-state index in [9.17, 15) is 0 Å². The first-order valence-corrected chi connectivity index (χ1v) is 9.52. The maximum Gasteiger partial charge on any atom is 0.193 e. The molecule has 4 rings (SSSR count). The molecule has 0 bridgehead atoms. The maximum atomic E-state index is 4.55. The number of benzene rings is 1. The van der Waals surface area contributed by atoms with Crippen molar-refractivity contribution in [3.63, 3.8) is 0 Å². The smallest absolute Gasteiger partial charge is 0.193 e. The van der Waals surface area contributed by atoms with Crippen molar-refractivity contribution >= 4 is 16.9 Å². The fourth-order valence-corrected chi connectivity index (χ4v) is 3.91. The predicted molar refractivity (Wildman–Crippen MR) is 109 cm³/mol. The van der Waals surface area contributed by atoms with Crippen LogP contribution in [0.25, 0.3) is 10.9 Å². The Morgan fingerprint density at radius 1 is 1.26 bits per heavy atom. The molecule has 1 aliphatic heterocycles. The molecule has 3 aromatic rings. The van der Waals surface area contributed by atoms with Gasteiger partial charge in [-0.15, -0.1) is 0 Å². The minimum absolute atomic E-state index is 0.416. The lowest BCUT2D eigenvalue weighted by Gasteiger charge is -2.39. The van der Waals surface area contributed by atoms with E-state index in [0.29, 0.717) is 18.5 Å². The molecule has 27 heavy (non-hydrogen) atoms. The maximum absolute atomic E-state index is 4.55. The minimum Gasteiger partial charge on any atom is -0.352 e. The standard InChI is InChI=1S/C21H26N6/c1-16-8-11-26(14-19(16)27-12-10-23-15-27)21(22-2)25-13-18-6-3-5-17-7-4-9-24-20(17)18/h3-7,9-10,12,15-16,19H,8,11,13-14H2,1-2H3,(H,22,25). The zero-order valence-electron chi connectivity index (χ0n) is 15.9. The van der Waals surface area contributed by atoms with Crippen LogP contribution in [0.1, 0.15) is 24.9 Å². The molecule has 0 aliphatic carbocycles. The summed E-state index contributed by atoms with van der Waals surface area (Å²) in [5.41, 5.74) is 2.23. The molecule has 2 atom stereocenters. The Balaban J connectivity index is 1.48. The highest BCUT2D eigenvalue weighted by Gasteiger charge is 2.28. The van der Waals surface area contributed by atoms with E-state index >= 15 is 0 Å². The fourth-order valence-electron chi connectivity index (χ4n) is 3.91. The van der Waals surface area contributed by atoms with Crippen molar-refractivity contribution in [1.29, 1.82) is 0 Å². The summed E-state index contributed by atoms with van der Waals surface area (Å²) >= 11 is 0. The van der Waals surface area contributed by atoms with Gasteiger partial charge in [0.2, 0.25) is 0 Å². The van der Waals surface area contributed by atoms with Crippen LogP contribution in [0.15, 0.2) is 60.2 Å². The summed E-state index contributed by atoms with van der Waals surface area (Å²) in [5.74, 6) is 1.57. The Labute approximate surface area is 160 Å². The molecule has 0 radical (unpaired) electrons. The number of pyridine rings is 1. The number of rotatable bonds is 3. The lowest BCUT2D eigenvalue weighted by atomic mass is 9.93. The number of imidazole rings is 1. The van der Waals surface area contributed by atoms with Gasteiger partial charge in [0, 0.05) is 50.7 Å². The van der Waals surface area contributed by atoms with Gasteiger partial charge < -0.3 is 14.8 Å². The van der Waals surface area contributed by atoms with E-state index in [2.05, 4.69) is 67.1 Å². The summed E-state index contributed by atoms with van der Waals surface area (Å²) in [7, 11) is 1.86. The van der Waals surface area contributed by atoms with Crippen LogP contribution < -0.4 is 5.32 Å². The average molecular weight is 362 g/mol. The molecule has 0 saturated carbocycles. The Bertz CT molecular complexity index is 912. The highest BCUT2D eigenvalue weighted by Crippen LogP contribution is 2.27. The molecule has 1 aromatic carbocycles. The monoisotopic (exact) mass is 362 g/mol. The number of hydrogen-bond donors (Lipinski definition) is 1. The van der Waals surface area contributed by atoms with Crippen LogP contribution >= 0.6 is 0 Å². The van der Waals surface area contributed by atoms with Crippen molar-refractivity contribution in [1.82, 2.24) is 24.8 Å². The normalized spacial score (nSPS) is 20.8. The van der Waals surface area contributed by atoms with Crippen molar-refractivity contribution in [2.45, 2.75) is 25.9 Å². The van der Waals surface area contributed by atoms with Crippen molar-refractivity contribution in [2.75, 3.05) is 20.1 Å². The molecule has 2 unspecified atom stereocenters. The number of likely N-dealkylation sites (tertiary alicyclic amines) is 1. The van der Waals surface area contributed by atoms with Crippen molar-refractivity contribution in [3.8, 4) is 0 Å². The van der Waals surface area contributed by atoms with E-state index in [4.69, 9.17) is 0 Å². The number of fused-ring (bicyclic) bond motifs is 1. The molecule has 1 fully saturated rings. The average Bonchev–Trinajstić information content (AvgIpc) is 3.24. The second kappa shape index (κ2) is 7.78. The summed E-state index contributed by atoms with van der Waals surface area (Å²) in [6.07, 6.45) is 8.82. The Morgan fingerprint density at radius 2 is 2.15 bits per heavy atom. The Hall–Kier alpha value is -2.89. The number of nitrogens with one attached hydrogen (secondary N) is 1. The number of piperidine rings is 1. The lowest BCUT2D eigenvalue weighted by Crippen LogP contribution is -2.48. The summed E-state index contributed by atoms with van der Waals surface area (Å²) in [4.78, 5) is 15.7. The van der Waals surface area contributed by atoms with E-state index < -0.39 is 0 Å². The minimum atomic E-state index is 0.416. The number of para-hydroxylation sites is 1. The van der Waals surface area contributed by atoms with Crippen LogP contribution in [0.5, 0.6) is 0 Å². The number of hydrogen-bond acceptors (Lipinski definition) is 3. The van der Waals surface area contributed by atoms with Gasteiger partial charge in [0.05, 0.1) is 17.9 Å². The Morgan fingerprint density at radius 3 is 2.96 bits per heavy atom. The third-order valence-corrected chi connectivity index (χ3v) is 5.49. The third-order valence-electron chi connectivity index (χ3n) is 5.49. The molecule has 6 nitrogen and oxygen atoms in total. The van der Waals surface area contributed by atoms with Crippen LogP contribution in [0.2, 0.25) is 0 Å². The van der Waals surface area contributed by atoms with E-state index in [0.717, 1.165) is 31.0 Å². The van der Waals surface area contributed by atoms with Gasteiger partial charge in [-0.2, -0.15) is 0 Å². The van der Waals surface area contributed by atoms with Gasteiger partial charge in [0.1, 0.15) is 0 Å². The van der Waals surface area contributed by atoms with Crippen LogP contribution in [0, 0.1) is 5.92 Å². The highest BCUT2D eigenvalue weighted by molar-refractivity contribution is 5.83. The second-order valence-corrected chi connectivity index (χ2v) is 7.18. The lowest BCUT2D eigenvalue weighted by molar-refractivity contribution is 0.189. The predicted octanol–water partition coefficient (Wildman–Crippen LogP) is 3.09. The van der Waals surface area contributed by atoms with E-state index in [1.807, 2.05) is 31.8 Å². The number of guanidine groups is 1. The SMILES string of the molecule is CN=C(NCc1cccc2cccnc12)N1CCC(C)C(n2ccnc2)C1. The largest absolute Gasteiger partial charge is 0.352 e. The van der Waals surface area contributed by atoms with Crippen LogP contribution in [0.3, 0.4) is 0 Å². The van der Waals surface area contributed by atoms with Gasteiger partial charge in [-0.3, -0.25) is 9.98 Å². The summed E-state index contributed by atoms with van der Waals surface area (Å²) in [6, 6.07) is 10.8. The quantitative estimate of drug-likeness (QED) is 0.575. The summed E-state index contributed by atoms with van der Waals surface area (Å²) < 4.78 is 2.22. The van der Waals surface area contributed by atoms with Gasteiger partial charge in [-0.05, 0) is 24.0 Å². The first kappa shape index (κ1) is 17.5. The van der Waals surface area contributed by atoms with Gasteiger partial charge in [0.15, 0.2) is 5.96 Å². The fraction of sp³-hybridized carbons (Fsp3) is 0.381. The molecule has 0 spiro atoms. The number of aliphatic imine (C=N–C) groups is 1. The molecule has 0 amide bonds. The zero-order chi connectivity index (χ0) is 18.6. The molecule has 1 N–H and O–H groups in total. The van der Waals surface area contributed by atoms with Crippen LogP contribution in [0.4, 0.5) is 0 Å². The van der Waals surface area contributed by atoms with Crippen LogP contribution in [-0.4, -0.2) is 45.5 Å². The zero-order valence-corrected chi connectivity index (χ0v) is 15.9. The van der Waals surface area contributed by atoms with E-state index in [-0.39, 0.29) is 0 Å². The van der Waals surface area contributed by atoms with Gasteiger partial charge in [0.25, 0.3) is 0 Å². The topological polar surface area (TPSA) is 58.3 Å². The molecular formula is C21H26N6. The molecule has 1 saturated heterocycles. The van der Waals surface area contributed by atoms with Gasteiger partial charge >= 0.3 is 0 Å². The molecule has 140 valence electrons. The molecule has 3 heterocycles. The van der Waals surface area contributed by atoms with Crippen molar-refractivity contribution in [2.24, 2.45) is 10.9 Å². The first-order valence-electron chi connectivity index (χ1n) is 9.52. The van der Waals surface area contributed by atoms with Gasteiger partial charge in [-0.1, -0.05) is 31.2 Å². The molecule has 1 aliphatic rings. The second-order valence-electron chi connectivity index (χ2n) is 7.18. The highest BCUT2D eigenvalue weighted by atomic mass is 15.3. The number of aromatic nitrogens is 3. The van der Waals surface area contributed by atoms with Gasteiger partial charge in [-0.25, -0.2) is 4.98 Å². The summed E-state index contributed by atoms with van der Waals surface area (Å²) in [5, 5.41) is 4.70. The molecule has 2 aromatic heterocycles. The molecule has 6 heteroatoms. The molecular weight excluding hydrogens is 336 g/mol.